The van der Waals surface area contributed by atoms with Crippen LogP contribution in [-0.4, -0.2) is 48.4 Å². The molecule has 2 aliphatic rings. The Kier molecular flexibility index (Phi) is 4.71. The first-order chi connectivity index (χ1) is 10.3. The quantitative estimate of drug-likeness (QED) is 0.848. The number of benzene rings is 1. The maximum atomic E-state index is 12.2. The van der Waals surface area contributed by atoms with Gasteiger partial charge in [0.1, 0.15) is 0 Å². The molecule has 0 atom stereocenters. The Bertz CT molecular complexity index is 485. The van der Waals surface area contributed by atoms with Gasteiger partial charge in [-0.25, -0.2) is 0 Å². The molecule has 112 valence electrons. The minimum absolute atomic E-state index is 0.342. The van der Waals surface area contributed by atoms with Gasteiger partial charge in [0.25, 0.3) is 0 Å². The summed E-state index contributed by atoms with van der Waals surface area (Å²) in [7, 11) is 0. The van der Waals surface area contributed by atoms with Crippen molar-refractivity contribution in [2.45, 2.75) is 19.3 Å². The van der Waals surface area contributed by atoms with Crippen molar-refractivity contribution >= 4 is 12.0 Å². The van der Waals surface area contributed by atoms with Gasteiger partial charge in [0.2, 0.25) is 5.91 Å². The highest BCUT2D eigenvalue weighted by atomic mass is 16.2. The monoisotopic (exact) mass is 284 g/mol. The van der Waals surface area contributed by atoms with Crippen LogP contribution in [-0.2, 0) is 4.79 Å². The molecule has 0 unspecified atom stereocenters. The number of rotatable bonds is 4. The van der Waals surface area contributed by atoms with Crippen LogP contribution in [0.1, 0.15) is 24.8 Å². The SMILES string of the molecule is O=C(C1CCC1)N1CCN(C/C=C/c2ccccc2)CC1. The number of nitrogens with zero attached hydrogens (tertiary/aromatic N) is 2. The summed E-state index contributed by atoms with van der Waals surface area (Å²) in [6, 6.07) is 10.4. The van der Waals surface area contributed by atoms with E-state index in [9.17, 15) is 4.79 Å². The maximum Gasteiger partial charge on any atom is 0.225 e. The largest absolute Gasteiger partial charge is 0.340 e. The minimum Gasteiger partial charge on any atom is -0.340 e. The number of hydrogen-bond donors (Lipinski definition) is 0. The zero-order valence-corrected chi connectivity index (χ0v) is 12.6. The lowest BCUT2D eigenvalue weighted by Gasteiger charge is -2.37. The van der Waals surface area contributed by atoms with Crippen LogP contribution >= 0.6 is 0 Å². The molecule has 0 radical (unpaired) electrons. The molecule has 1 aliphatic heterocycles. The summed E-state index contributed by atoms with van der Waals surface area (Å²) in [5.74, 6) is 0.746. The third-order valence-corrected chi connectivity index (χ3v) is 4.61. The molecule has 21 heavy (non-hydrogen) atoms. The molecule has 2 fully saturated rings. The van der Waals surface area contributed by atoms with Crippen molar-refractivity contribution in [1.29, 1.82) is 0 Å². The summed E-state index contributed by atoms with van der Waals surface area (Å²) in [6.07, 6.45) is 7.85. The van der Waals surface area contributed by atoms with Crippen molar-refractivity contribution in [1.82, 2.24) is 9.80 Å². The molecule has 3 rings (SSSR count). The van der Waals surface area contributed by atoms with Crippen LogP contribution in [0.25, 0.3) is 6.08 Å². The van der Waals surface area contributed by atoms with Crippen molar-refractivity contribution in [3.8, 4) is 0 Å². The van der Waals surface area contributed by atoms with Crippen LogP contribution < -0.4 is 0 Å². The van der Waals surface area contributed by atoms with Gasteiger partial charge < -0.3 is 4.90 Å². The average Bonchev–Trinajstić information content (AvgIpc) is 2.47. The second-order valence-corrected chi connectivity index (χ2v) is 6.07. The van der Waals surface area contributed by atoms with E-state index >= 15 is 0 Å². The maximum absolute atomic E-state index is 12.2. The highest BCUT2D eigenvalue weighted by Crippen LogP contribution is 2.28. The molecule has 1 heterocycles. The Labute approximate surface area is 127 Å². The fraction of sp³-hybridized carbons (Fsp3) is 0.500. The number of carbonyl (C=O) groups is 1. The van der Waals surface area contributed by atoms with Crippen LogP contribution in [0.2, 0.25) is 0 Å². The van der Waals surface area contributed by atoms with Gasteiger partial charge in [-0.05, 0) is 18.4 Å². The summed E-state index contributed by atoms with van der Waals surface area (Å²) >= 11 is 0. The molecule has 3 nitrogen and oxygen atoms in total. The van der Waals surface area contributed by atoms with Gasteiger partial charge in [-0.15, -0.1) is 0 Å². The average molecular weight is 284 g/mol. The van der Waals surface area contributed by atoms with Crippen LogP contribution in [0.5, 0.6) is 0 Å². The van der Waals surface area contributed by atoms with Crippen molar-refractivity contribution in [3.63, 3.8) is 0 Å². The third kappa shape index (κ3) is 3.73. The summed E-state index contributed by atoms with van der Waals surface area (Å²) < 4.78 is 0. The second kappa shape index (κ2) is 6.90. The molecular weight excluding hydrogens is 260 g/mol. The van der Waals surface area contributed by atoms with Gasteiger partial charge in [0.05, 0.1) is 0 Å². The fourth-order valence-electron chi connectivity index (χ4n) is 2.97. The van der Waals surface area contributed by atoms with E-state index in [-0.39, 0.29) is 0 Å². The molecule has 3 heteroatoms. The third-order valence-electron chi connectivity index (χ3n) is 4.61. The van der Waals surface area contributed by atoms with Crippen molar-refractivity contribution < 1.29 is 4.79 Å². The Balaban J connectivity index is 1.41. The number of piperazine rings is 1. The predicted octanol–water partition coefficient (Wildman–Crippen LogP) is 2.64. The molecule has 1 aliphatic carbocycles. The minimum atomic E-state index is 0.342. The Morgan fingerprint density at radius 3 is 2.43 bits per heavy atom. The summed E-state index contributed by atoms with van der Waals surface area (Å²) in [5.41, 5.74) is 1.25. The number of hydrogen-bond acceptors (Lipinski definition) is 2. The zero-order valence-electron chi connectivity index (χ0n) is 12.6. The van der Waals surface area contributed by atoms with Crippen LogP contribution in [0.15, 0.2) is 36.4 Å². The number of amides is 1. The Morgan fingerprint density at radius 2 is 1.81 bits per heavy atom. The fourth-order valence-corrected chi connectivity index (χ4v) is 2.97. The van der Waals surface area contributed by atoms with E-state index in [2.05, 4.69) is 46.2 Å². The van der Waals surface area contributed by atoms with Crippen LogP contribution in [0, 0.1) is 5.92 Å². The summed E-state index contributed by atoms with van der Waals surface area (Å²) in [4.78, 5) is 16.7. The highest BCUT2D eigenvalue weighted by molar-refractivity contribution is 5.79. The molecule has 1 saturated carbocycles. The molecule has 1 aromatic rings. The Morgan fingerprint density at radius 1 is 1.10 bits per heavy atom. The predicted molar refractivity (Wildman–Crippen MR) is 85.8 cm³/mol. The Hall–Kier alpha value is -1.61. The number of carbonyl (C=O) groups excluding carboxylic acids is 1. The van der Waals surface area contributed by atoms with E-state index in [1.165, 1.54) is 12.0 Å². The smallest absolute Gasteiger partial charge is 0.225 e. The van der Waals surface area contributed by atoms with Gasteiger partial charge in [0.15, 0.2) is 0 Å². The molecule has 0 bridgehead atoms. The highest BCUT2D eigenvalue weighted by Gasteiger charge is 2.30. The first-order valence-electron chi connectivity index (χ1n) is 8.05. The van der Waals surface area contributed by atoms with Gasteiger partial charge in [-0.2, -0.15) is 0 Å². The van der Waals surface area contributed by atoms with E-state index in [1.807, 2.05) is 6.07 Å². The van der Waals surface area contributed by atoms with E-state index in [0.29, 0.717) is 11.8 Å². The molecule has 0 N–H and O–H groups in total. The normalized spacial score (nSPS) is 20.7. The van der Waals surface area contributed by atoms with Crippen molar-refractivity contribution in [3.05, 3.63) is 42.0 Å². The molecule has 1 amide bonds. The second-order valence-electron chi connectivity index (χ2n) is 6.07. The molecule has 0 aromatic heterocycles. The summed E-state index contributed by atoms with van der Waals surface area (Å²) in [5, 5.41) is 0. The lowest BCUT2D eigenvalue weighted by atomic mass is 9.84. The molecular formula is C18H24N2O. The van der Waals surface area contributed by atoms with Gasteiger partial charge in [0, 0.05) is 38.6 Å². The van der Waals surface area contributed by atoms with Crippen LogP contribution in [0.3, 0.4) is 0 Å². The lowest BCUT2D eigenvalue weighted by molar-refractivity contribution is -0.139. The van der Waals surface area contributed by atoms with E-state index in [0.717, 1.165) is 45.6 Å². The molecule has 1 aromatic carbocycles. The van der Waals surface area contributed by atoms with Gasteiger partial charge in [-0.1, -0.05) is 48.9 Å². The first kappa shape index (κ1) is 14.3. The van der Waals surface area contributed by atoms with Crippen molar-refractivity contribution in [2.75, 3.05) is 32.7 Å². The van der Waals surface area contributed by atoms with Crippen molar-refractivity contribution in [2.24, 2.45) is 5.92 Å². The van der Waals surface area contributed by atoms with E-state index in [1.54, 1.807) is 0 Å². The molecule has 1 saturated heterocycles. The standard InChI is InChI=1S/C18H24N2O/c21-18(17-9-4-10-17)20-14-12-19(13-15-20)11-5-8-16-6-2-1-3-7-16/h1-3,5-8,17H,4,9-15H2/b8-5+. The topological polar surface area (TPSA) is 23.6 Å². The van der Waals surface area contributed by atoms with E-state index < -0.39 is 0 Å². The zero-order chi connectivity index (χ0) is 14.5. The summed E-state index contributed by atoms with van der Waals surface area (Å²) in [6.45, 7) is 4.76. The van der Waals surface area contributed by atoms with E-state index in [4.69, 9.17) is 0 Å². The van der Waals surface area contributed by atoms with Gasteiger partial charge >= 0.3 is 0 Å². The first-order valence-corrected chi connectivity index (χ1v) is 8.05. The lowest BCUT2D eigenvalue weighted by Crippen LogP contribution is -2.51. The van der Waals surface area contributed by atoms with Crippen LogP contribution in [0.4, 0.5) is 0 Å². The molecule has 0 spiro atoms. The van der Waals surface area contributed by atoms with Gasteiger partial charge in [-0.3, -0.25) is 9.69 Å².